The Balaban J connectivity index is 1.64. The second-order valence-electron chi connectivity index (χ2n) is 9.21. The second-order valence-corrected chi connectivity index (χ2v) is 11.1. The third-order valence-corrected chi connectivity index (χ3v) is 8.40. The lowest BCUT2D eigenvalue weighted by Crippen LogP contribution is -2.35. The van der Waals surface area contributed by atoms with Crippen molar-refractivity contribution in [1.29, 1.82) is 0 Å². The molecule has 0 atom stereocenters. The number of fused-ring (bicyclic) bond motifs is 1. The predicted molar refractivity (Wildman–Crippen MR) is 142 cm³/mol. The van der Waals surface area contributed by atoms with Gasteiger partial charge in [0.2, 0.25) is 15.9 Å². The van der Waals surface area contributed by atoms with Crippen molar-refractivity contribution in [2.24, 2.45) is 0 Å². The normalized spacial score (nSPS) is 14.7. The molecule has 4 aromatic heterocycles. The highest BCUT2D eigenvalue weighted by molar-refractivity contribution is 7.89. The molecule has 0 saturated carbocycles. The van der Waals surface area contributed by atoms with E-state index in [0.717, 1.165) is 37.1 Å². The number of pyridine rings is 2. The average molecular weight is 538 g/mol. The van der Waals surface area contributed by atoms with Gasteiger partial charge in [0.1, 0.15) is 16.2 Å². The van der Waals surface area contributed by atoms with Crippen molar-refractivity contribution < 1.29 is 13.2 Å². The van der Waals surface area contributed by atoms with Crippen molar-refractivity contribution in [3.8, 4) is 17.3 Å². The predicted octanol–water partition coefficient (Wildman–Crippen LogP) is 3.15. The van der Waals surface area contributed by atoms with Crippen molar-refractivity contribution >= 4 is 21.1 Å². The number of hydrogen-bond acceptors (Lipinski definition) is 8. The lowest BCUT2D eigenvalue weighted by Gasteiger charge is -2.26. The first-order valence-corrected chi connectivity index (χ1v) is 14.4. The van der Waals surface area contributed by atoms with E-state index in [1.165, 1.54) is 16.6 Å². The molecular weight excluding hydrogens is 506 g/mol. The minimum atomic E-state index is -3.75. The largest absolute Gasteiger partial charge is 0.477 e. The molecule has 0 unspecified atom stereocenters. The molecule has 1 aliphatic rings. The van der Waals surface area contributed by atoms with E-state index in [2.05, 4.69) is 20.1 Å². The second kappa shape index (κ2) is 11.0. The maximum Gasteiger partial charge on any atom is 0.279 e. The van der Waals surface area contributed by atoms with E-state index in [4.69, 9.17) is 9.72 Å². The fourth-order valence-corrected chi connectivity index (χ4v) is 6.19. The zero-order valence-electron chi connectivity index (χ0n) is 21.6. The molecule has 1 N–H and O–H groups in total. The number of aryl methyl sites for hydroxylation is 1. The molecule has 0 bridgehead atoms. The van der Waals surface area contributed by atoms with Crippen LogP contribution in [0.15, 0.2) is 46.3 Å². The molecule has 1 fully saturated rings. The van der Waals surface area contributed by atoms with Crippen LogP contribution in [-0.4, -0.2) is 62.1 Å². The minimum Gasteiger partial charge on any atom is -0.477 e. The van der Waals surface area contributed by atoms with Gasteiger partial charge in [-0.2, -0.15) is 9.40 Å². The maximum atomic E-state index is 13.4. The highest BCUT2D eigenvalue weighted by atomic mass is 32.2. The third-order valence-electron chi connectivity index (χ3n) is 6.54. The molecule has 0 spiro atoms. The van der Waals surface area contributed by atoms with E-state index >= 15 is 0 Å². The van der Waals surface area contributed by atoms with Crippen LogP contribution in [0.2, 0.25) is 0 Å². The molecule has 0 amide bonds. The molecule has 1 saturated heterocycles. The van der Waals surface area contributed by atoms with Gasteiger partial charge in [-0.05, 0) is 44.4 Å². The van der Waals surface area contributed by atoms with Crippen LogP contribution < -0.4 is 10.3 Å². The number of nitrogens with one attached hydrogen (secondary N) is 1. The van der Waals surface area contributed by atoms with Gasteiger partial charge < -0.3 is 9.72 Å². The fraction of sp³-hybridized carbons (Fsp3) is 0.423. The summed E-state index contributed by atoms with van der Waals surface area (Å²) in [4.78, 5) is 29.5. The van der Waals surface area contributed by atoms with E-state index in [9.17, 15) is 13.2 Å². The topological polar surface area (TPSA) is 136 Å². The van der Waals surface area contributed by atoms with Crippen molar-refractivity contribution in [2.45, 2.75) is 57.4 Å². The van der Waals surface area contributed by atoms with Crippen LogP contribution in [0.1, 0.15) is 50.9 Å². The number of ether oxygens (including phenoxy) is 1. The van der Waals surface area contributed by atoms with Gasteiger partial charge in [-0.15, -0.1) is 0 Å². The van der Waals surface area contributed by atoms with Gasteiger partial charge in [0.15, 0.2) is 5.52 Å². The number of nitrogens with zero attached hydrogens (tertiary/aromatic N) is 6. The van der Waals surface area contributed by atoms with Gasteiger partial charge in [0.25, 0.3) is 5.56 Å². The lowest BCUT2D eigenvalue weighted by molar-refractivity contribution is 0.327. The number of sulfonamides is 1. The van der Waals surface area contributed by atoms with Crippen LogP contribution >= 0.6 is 0 Å². The van der Waals surface area contributed by atoms with Gasteiger partial charge in [-0.1, -0.05) is 25.8 Å². The molecule has 200 valence electrons. The van der Waals surface area contributed by atoms with Crippen LogP contribution in [0.4, 0.5) is 0 Å². The first-order chi connectivity index (χ1) is 18.4. The summed E-state index contributed by atoms with van der Waals surface area (Å²) in [6.07, 6.45) is 7.16. The van der Waals surface area contributed by atoms with Crippen LogP contribution in [0.25, 0.3) is 22.4 Å². The highest BCUT2D eigenvalue weighted by Crippen LogP contribution is 2.31. The Kier molecular flexibility index (Phi) is 7.52. The fourth-order valence-electron chi connectivity index (χ4n) is 4.70. The summed E-state index contributed by atoms with van der Waals surface area (Å²) in [7, 11) is -3.75. The SMILES string of the molecule is CCCc1c2nc(-c3cc(S(=O)(=O)N4CCCCC4)cnc3OCC)[nH]c(=O)c2nn1Cc1ccccn1. The van der Waals surface area contributed by atoms with Crippen LogP contribution in [0.5, 0.6) is 5.88 Å². The number of aromatic nitrogens is 6. The average Bonchev–Trinajstić information content (AvgIpc) is 3.27. The summed E-state index contributed by atoms with van der Waals surface area (Å²) < 4.78 is 35.7. The molecular formula is C26H31N7O4S. The molecule has 4 aromatic rings. The Morgan fingerprint density at radius 1 is 1.08 bits per heavy atom. The molecule has 0 aliphatic carbocycles. The Bertz CT molecular complexity index is 1590. The number of hydrogen-bond donors (Lipinski definition) is 1. The Morgan fingerprint density at radius 3 is 2.61 bits per heavy atom. The van der Waals surface area contributed by atoms with Crippen molar-refractivity contribution in [2.75, 3.05) is 19.7 Å². The molecule has 11 nitrogen and oxygen atoms in total. The van der Waals surface area contributed by atoms with Crippen molar-refractivity contribution in [3.05, 3.63) is 58.4 Å². The van der Waals surface area contributed by atoms with Gasteiger partial charge in [0, 0.05) is 19.3 Å². The molecule has 1 aliphatic heterocycles. The monoisotopic (exact) mass is 537 g/mol. The molecule has 38 heavy (non-hydrogen) atoms. The summed E-state index contributed by atoms with van der Waals surface area (Å²) in [6.45, 7) is 5.52. The van der Waals surface area contributed by atoms with Crippen LogP contribution in [-0.2, 0) is 23.0 Å². The smallest absolute Gasteiger partial charge is 0.279 e. The van der Waals surface area contributed by atoms with E-state index in [1.54, 1.807) is 10.9 Å². The van der Waals surface area contributed by atoms with Crippen LogP contribution in [0, 0.1) is 0 Å². The number of piperidine rings is 1. The Hall–Kier alpha value is -3.64. The third kappa shape index (κ3) is 5.05. The quantitative estimate of drug-likeness (QED) is 0.344. The summed E-state index contributed by atoms with van der Waals surface area (Å²) in [5.41, 5.74) is 2.19. The summed E-state index contributed by atoms with van der Waals surface area (Å²) in [6, 6.07) is 7.14. The van der Waals surface area contributed by atoms with Crippen molar-refractivity contribution in [1.82, 2.24) is 34.0 Å². The summed E-state index contributed by atoms with van der Waals surface area (Å²) >= 11 is 0. The molecule has 5 heterocycles. The van der Waals surface area contributed by atoms with Crippen LogP contribution in [0.3, 0.4) is 0 Å². The first-order valence-electron chi connectivity index (χ1n) is 12.9. The number of H-pyrrole nitrogens is 1. The molecule has 5 rings (SSSR count). The highest BCUT2D eigenvalue weighted by Gasteiger charge is 2.28. The molecule has 12 heteroatoms. The minimum absolute atomic E-state index is 0.0419. The first kappa shape index (κ1) is 26.0. The molecule has 0 radical (unpaired) electrons. The van der Waals surface area contributed by atoms with Gasteiger partial charge in [-0.25, -0.2) is 18.4 Å². The van der Waals surface area contributed by atoms with E-state index in [1.807, 2.05) is 32.0 Å². The Labute approximate surface area is 221 Å². The Morgan fingerprint density at radius 2 is 1.89 bits per heavy atom. The number of aromatic amines is 1. The van der Waals surface area contributed by atoms with Gasteiger partial charge >= 0.3 is 0 Å². The summed E-state index contributed by atoms with van der Waals surface area (Å²) in [5.74, 6) is 0.384. The number of rotatable bonds is 9. The van der Waals surface area contributed by atoms with Crippen molar-refractivity contribution in [3.63, 3.8) is 0 Å². The maximum absolute atomic E-state index is 13.4. The van der Waals surface area contributed by atoms with Gasteiger partial charge in [0.05, 0.1) is 36.3 Å². The zero-order chi connectivity index (χ0) is 26.7. The van der Waals surface area contributed by atoms with E-state index < -0.39 is 15.6 Å². The van der Waals surface area contributed by atoms with E-state index in [0.29, 0.717) is 43.7 Å². The lowest BCUT2D eigenvalue weighted by atomic mass is 10.2. The van der Waals surface area contributed by atoms with E-state index in [-0.39, 0.29) is 22.1 Å². The van der Waals surface area contributed by atoms with Gasteiger partial charge in [-0.3, -0.25) is 14.5 Å². The summed E-state index contributed by atoms with van der Waals surface area (Å²) in [5, 5.41) is 4.56. The standard InChI is InChI=1S/C26H31N7O4S/c1-3-10-21-22-23(31-33(21)17-18-11-6-7-12-27-18)25(34)30-24(29-22)20-15-19(16-28-26(20)37-4-2)38(35,36)32-13-8-5-9-14-32/h6-7,11-12,15-16H,3-5,8-10,13-14,17H2,1-2H3,(H,29,30,34). The molecule has 0 aromatic carbocycles. The zero-order valence-corrected chi connectivity index (χ0v) is 22.4.